The maximum Gasteiger partial charge on any atom is 0.270 e. The molecule has 1 aromatic carbocycles. The van der Waals surface area contributed by atoms with Crippen molar-refractivity contribution in [3.8, 4) is 6.07 Å². The molecule has 7 heteroatoms. The molecule has 1 aliphatic rings. The molecule has 2 aromatic heterocycles. The number of nitrogens with zero attached hydrogens (tertiary/aromatic N) is 3. The summed E-state index contributed by atoms with van der Waals surface area (Å²) in [5.74, 6) is 0.0207. The molecule has 1 fully saturated rings. The summed E-state index contributed by atoms with van der Waals surface area (Å²) < 4.78 is 1.49. The molecule has 26 heavy (non-hydrogen) atoms. The third kappa shape index (κ3) is 2.55. The lowest BCUT2D eigenvalue weighted by Gasteiger charge is -2.40. The fourth-order valence-electron chi connectivity index (χ4n) is 3.25. The number of likely N-dealkylation sites (tertiary alicyclic amines) is 1. The van der Waals surface area contributed by atoms with Crippen molar-refractivity contribution >= 4 is 33.8 Å². The second-order valence-electron chi connectivity index (χ2n) is 6.27. The first kappa shape index (κ1) is 16.4. The number of nitrogens with one attached hydrogen (secondary N) is 1. The van der Waals surface area contributed by atoms with E-state index in [1.807, 2.05) is 47.8 Å². The minimum Gasteiger partial charge on any atom is -0.377 e. The molecular formula is C19H16N4O2S. The van der Waals surface area contributed by atoms with E-state index in [0.29, 0.717) is 18.8 Å². The van der Waals surface area contributed by atoms with E-state index in [0.717, 1.165) is 15.8 Å². The average Bonchev–Trinajstić information content (AvgIpc) is 3.16. The quantitative estimate of drug-likeness (QED) is 0.774. The molecule has 0 aliphatic carbocycles. The Balaban J connectivity index is 1.61. The number of thiophene rings is 1. The van der Waals surface area contributed by atoms with Crippen molar-refractivity contribution in [2.24, 2.45) is 7.05 Å². The summed E-state index contributed by atoms with van der Waals surface area (Å²) in [5, 5.41) is 15.5. The van der Waals surface area contributed by atoms with Gasteiger partial charge in [0.05, 0.1) is 22.1 Å². The monoisotopic (exact) mass is 364 g/mol. The van der Waals surface area contributed by atoms with Crippen LogP contribution in [0.3, 0.4) is 0 Å². The fraction of sp³-hybridized carbons (Fsp3) is 0.211. The average molecular weight is 364 g/mol. The Labute approximate surface area is 153 Å². The summed E-state index contributed by atoms with van der Waals surface area (Å²) in [6.45, 7) is 1.09. The summed E-state index contributed by atoms with van der Waals surface area (Å²) >= 11 is 1.43. The van der Waals surface area contributed by atoms with E-state index < -0.39 is 0 Å². The highest BCUT2D eigenvalue weighted by atomic mass is 32.1. The van der Waals surface area contributed by atoms with Crippen LogP contribution in [0.2, 0.25) is 0 Å². The Bertz CT molecular complexity index is 1090. The maximum absolute atomic E-state index is 12.5. The molecule has 3 heterocycles. The van der Waals surface area contributed by atoms with Gasteiger partial charge in [0.15, 0.2) is 0 Å². The number of aryl methyl sites for hydroxylation is 1. The van der Waals surface area contributed by atoms with E-state index >= 15 is 0 Å². The van der Waals surface area contributed by atoms with Crippen molar-refractivity contribution in [2.75, 3.05) is 18.4 Å². The van der Waals surface area contributed by atoms with Crippen LogP contribution >= 0.6 is 11.3 Å². The van der Waals surface area contributed by atoms with Crippen molar-refractivity contribution in [2.45, 2.75) is 6.04 Å². The minimum absolute atomic E-state index is 0.0153. The first-order valence-corrected chi connectivity index (χ1v) is 9.09. The summed E-state index contributed by atoms with van der Waals surface area (Å²) in [6.07, 6.45) is 0. The Morgan fingerprint density at radius 3 is 2.73 bits per heavy atom. The molecule has 0 radical (unpaired) electrons. The minimum atomic E-state index is -0.320. The van der Waals surface area contributed by atoms with Crippen LogP contribution in [0.5, 0.6) is 0 Å². The van der Waals surface area contributed by atoms with Crippen LogP contribution in [-0.2, 0) is 7.05 Å². The molecule has 0 atom stereocenters. The van der Waals surface area contributed by atoms with Gasteiger partial charge in [-0.3, -0.25) is 9.59 Å². The second-order valence-corrected chi connectivity index (χ2v) is 7.22. The van der Waals surface area contributed by atoms with Gasteiger partial charge in [-0.2, -0.15) is 5.26 Å². The number of nitriles is 1. The molecule has 1 aliphatic heterocycles. The lowest BCUT2D eigenvalue weighted by molar-refractivity contribution is 0.0630. The van der Waals surface area contributed by atoms with Crippen LogP contribution in [0.1, 0.15) is 15.2 Å². The molecule has 1 amide bonds. The van der Waals surface area contributed by atoms with Crippen LogP contribution in [-0.4, -0.2) is 34.5 Å². The summed E-state index contributed by atoms with van der Waals surface area (Å²) in [4.78, 5) is 27.3. The number of fused-ring (bicyclic) bond motifs is 1. The third-order valence-electron chi connectivity index (χ3n) is 4.66. The van der Waals surface area contributed by atoms with Gasteiger partial charge in [0.1, 0.15) is 11.6 Å². The van der Waals surface area contributed by atoms with E-state index in [2.05, 4.69) is 5.32 Å². The predicted molar refractivity (Wildman–Crippen MR) is 102 cm³/mol. The summed E-state index contributed by atoms with van der Waals surface area (Å²) in [6, 6.07) is 13.2. The van der Waals surface area contributed by atoms with E-state index in [9.17, 15) is 14.9 Å². The lowest BCUT2D eigenvalue weighted by Crippen LogP contribution is -2.57. The van der Waals surface area contributed by atoms with E-state index in [4.69, 9.17) is 0 Å². The molecule has 0 spiro atoms. The highest BCUT2D eigenvalue weighted by molar-refractivity contribution is 7.12. The molecule has 0 saturated carbocycles. The van der Waals surface area contributed by atoms with Crippen LogP contribution in [0, 0.1) is 11.3 Å². The van der Waals surface area contributed by atoms with Gasteiger partial charge in [0.25, 0.3) is 11.5 Å². The number of benzene rings is 1. The highest BCUT2D eigenvalue weighted by Gasteiger charge is 2.32. The third-order valence-corrected chi connectivity index (χ3v) is 5.52. The molecule has 130 valence electrons. The van der Waals surface area contributed by atoms with Crippen LogP contribution in [0.15, 0.2) is 46.6 Å². The van der Waals surface area contributed by atoms with Crippen LogP contribution in [0.25, 0.3) is 10.9 Å². The SMILES string of the molecule is Cn1c(=O)c(C#N)c(NC2CN(C(=O)c3cccs3)C2)c2ccccc21. The predicted octanol–water partition coefficient (Wildman–Crippen LogP) is 2.41. The fourth-order valence-corrected chi connectivity index (χ4v) is 3.94. The van der Waals surface area contributed by atoms with E-state index in [1.165, 1.54) is 15.9 Å². The number of anilines is 1. The van der Waals surface area contributed by atoms with Gasteiger partial charge in [0.2, 0.25) is 0 Å². The first-order chi connectivity index (χ1) is 12.6. The number of amides is 1. The molecular weight excluding hydrogens is 348 g/mol. The number of aromatic nitrogens is 1. The smallest absolute Gasteiger partial charge is 0.270 e. The summed E-state index contributed by atoms with van der Waals surface area (Å²) in [5.41, 5.74) is 1.11. The molecule has 1 N–H and O–H groups in total. The van der Waals surface area contributed by atoms with Gasteiger partial charge in [0, 0.05) is 25.5 Å². The van der Waals surface area contributed by atoms with Crippen molar-refractivity contribution in [3.63, 3.8) is 0 Å². The second kappa shape index (κ2) is 6.32. The van der Waals surface area contributed by atoms with Crippen molar-refractivity contribution in [1.82, 2.24) is 9.47 Å². The first-order valence-electron chi connectivity index (χ1n) is 8.21. The molecule has 3 aromatic rings. The van der Waals surface area contributed by atoms with Gasteiger partial charge in [-0.25, -0.2) is 0 Å². The lowest BCUT2D eigenvalue weighted by atomic mass is 10.0. The molecule has 1 saturated heterocycles. The van der Waals surface area contributed by atoms with Gasteiger partial charge in [-0.15, -0.1) is 11.3 Å². The number of pyridine rings is 1. The normalized spacial score (nSPS) is 14.1. The summed E-state index contributed by atoms with van der Waals surface area (Å²) in [7, 11) is 1.67. The Hall–Kier alpha value is -3.11. The zero-order valence-electron chi connectivity index (χ0n) is 14.1. The van der Waals surface area contributed by atoms with Crippen molar-refractivity contribution < 1.29 is 4.79 Å². The van der Waals surface area contributed by atoms with Crippen molar-refractivity contribution in [1.29, 1.82) is 5.26 Å². The van der Waals surface area contributed by atoms with Gasteiger partial charge >= 0.3 is 0 Å². The number of rotatable bonds is 3. The van der Waals surface area contributed by atoms with Gasteiger partial charge < -0.3 is 14.8 Å². The zero-order chi connectivity index (χ0) is 18.3. The van der Waals surface area contributed by atoms with Gasteiger partial charge in [-0.1, -0.05) is 24.3 Å². The number of hydrogen-bond acceptors (Lipinski definition) is 5. The maximum atomic E-state index is 12.5. The van der Waals surface area contributed by atoms with Crippen LogP contribution < -0.4 is 10.9 Å². The molecule has 4 rings (SSSR count). The van der Waals surface area contributed by atoms with Crippen LogP contribution in [0.4, 0.5) is 5.69 Å². The zero-order valence-corrected chi connectivity index (χ0v) is 14.9. The van der Waals surface area contributed by atoms with Crippen molar-refractivity contribution in [3.05, 3.63) is 62.6 Å². The van der Waals surface area contributed by atoms with E-state index in [1.54, 1.807) is 11.9 Å². The number of para-hydroxylation sites is 1. The highest BCUT2D eigenvalue weighted by Crippen LogP contribution is 2.27. The number of carbonyl (C=O) groups excluding carboxylic acids is 1. The number of carbonyl (C=O) groups is 1. The molecule has 0 unspecified atom stereocenters. The topological polar surface area (TPSA) is 78.1 Å². The van der Waals surface area contributed by atoms with Gasteiger partial charge in [-0.05, 0) is 17.5 Å². The van der Waals surface area contributed by atoms with E-state index in [-0.39, 0.29) is 23.1 Å². The Kier molecular flexibility index (Phi) is 3.98. The largest absolute Gasteiger partial charge is 0.377 e. The standard InChI is InChI=1S/C19H16N4O2S/c1-22-15-6-3-2-5-13(15)17(14(9-20)18(22)24)21-12-10-23(11-12)19(25)16-7-4-8-26-16/h2-8,12,21H,10-11H2,1H3. The Morgan fingerprint density at radius 2 is 2.04 bits per heavy atom. The number of hydrogen-bond donors (Lipinski definition) is 1. The molecule has 6 nitrogen and oxygen atoms in total. The molecule has 0 bridgehead atoms. The Morgan fingerprint density at radius 1 is 1.27 bits per heavy atom.